The fourth-order valence-electron chi connectivity index (χ4n) is 2.18. The van der Waals surface area contributed by atoms with Crippen LogP contribution >= 0.6 is 0 Å². The largest absolute Gasteiger partial charge is 0.467 e. The van der Waals surface area contributed by atoms with Crippen molar-refractivity contribution >= 4 is 18.0 Å². The van der Waals surface area contributed by atoms with Crippen LogP contribution in [0.1, 0.15) is 33.6 Å². The molecule has 9 heteroatoms. The van der Waals surface area contributed by atoms with E-state index < -0.39 is 23.7 Å². The highest BCUT2D eigenvalue weighted by molar-refractivity contribution is 5.84. The van der Waals surface area contributed by atoms with E-state index in [1.165, 1.54) is 7.11 Å². The van der Waals surface area contributed by atoms with E-state index in [9.17, 15) is 9.59 Å². The molecule has 1 amide bonds. The van der Waals surface area contributed by atoms with E-state index in [0.717, 1.165) is 25.9 Å². The van der Waals surface area contributed by atoms with Crippen LogP contribution in [0.5, 0.6) is 0 Å². The highest BCUT2D eigenvalue weighted by Crippen LogP contribution is 2.08. The second kappa shape index (κ2) is 8.96. The van der Waals surface area contributed by atoms with Gasteiger partial charge in [0, 0.05) is 19.6 Å². The molecule has 1 fully saturated rings. The lowest BCUT2D eigenvalue weighted by atomic mass is 10.2. The lowest BCUT2D eigenvalue weighted by Gasteiger charge is -2.24. The number of carbonyl (C=O) groups is 2. The third-order valence-corrected chi connectivity index (χ3v) is 3.20. The average molecular weight is 339 g/mol. The molecule has 0 saturated carbocycles. The van der Waals surface area contributed by atoms with Gasteiger partial charge in [-0.2, -0.15) is 5.26 Å². The summed E-state index contributed by atoms with van der Waals surface area (Å²) in [7, 11) is 1.23. The number of esters is 1. The number of amides is 1. The van der Waals surface area contributed by atoms with Crippen LogP contribution in [-0.4, -0.2) is 61.3 Å². The van der Waals surface area contributed by atoms with Gasteiger partial charge >= 0.3 is 12.1 Å². The van der Waals surface area contributed by atoms with E-state index in [-0.39, 0.29) is 6.54 Å². The summed E-state index contributed by atoms with van der Waals surface area (Å²) in [6.45, 7) is 6.78. The molecule has 0 bridgehead atoms. The van der Waals surface area contributed by atoms with Gasteiger partial charge in [-0.15, -0.1) is 4.99 Å². The molecule has 2 N–H and O–H groups in total. The predicted molar refractivity (Wildman–Crippen MR) is 87.0 cm³/mol. The minimum absolute atomic E-state index is 0.0307. The summed E-state index contributed by atoms with van der Waals surface area (Å²) < 4.78 is 9.83. The third-order valence-electron chi connectivity index (χ3n) is 3.20. The van der Waals surface area contributed by atoms with E-state index in [2.05, 4.69) is 15.6 Å². The lowest BCUT2D eigenvalue weighted by molar-refractivity contribution is -0.142. The summed E-state index contributed by atoms with van der Waals surface area (Å²) in [4.78, 5) is 29.4. The van der Waals surface area contributed by atoms with Gasteiger partial charge in [0.1, 0.15) is 11.6 Å². The summed E-state index contributed by atoms with van der Waals surface area (Å²) in [6.07, 6.45) is 3.05. The summed E-state index contributed by atoms with van der Waals surface area (Å²) >= 11 is 0. The molecule has 1 rings (SSSR count). The van der Waals surface area contributed by atoms with E-state index in [4.69, 9.17) is 14.7 Å². The lowest BCUT2D eigenvalue weighted by Crippen LogP contribution is -2.52. The van der Waals surface area contributed by atoms with Crippen LogP contribution < -0.4 is 10.6 Å². The Labute approximate surface area is 142 Å². The second-order valence-electron chi connectivity index (χ2n) is 6.33. The van der Waals surface area contributed by atoms with Crippen molar-refractivity contribution in [1.29, 1.82) is 5.26 Å². The molecule has 0 aliphatic carbocycles. The quantitative estimate of drug-likeness (QED) is 0.333. The third kappa shape index (κ3) is 6.73. The Hall–Kier alpha value is -2.50. The number of likely N-dealkylation sites (tertiary alicyclic amines) is 1. The number of nitrogens with one attached hydrogen (secondary N) is 2. The fraction of sp³-hybridized carbons (Fsp3) is 0.733. The van der Waals surface area contributed by atoms with Crippen LogP contribution in [0.2, 0.25) is 0 Å². The molecule has 0 aromatic carbocycles. The van der Waals surface area contributed by atoms with Crippen molar-refractivity contribution in [2.24, 2.45) is 4.99 Å². The SMILES string of the molecule is COC(=O)[C@H](CN/C(=N\C#N)N1CCCC1)NC(=O)OC(C)(C)C. The first-order valence-electron chi connectivity index (χ1n) is 7.79. The molecule has 1 atom stereocenters. The molecular weight excluding hydrogens is 314 g/mol. The first-order chi connectivity index (χ1) is 11.3. The Morgan fingerprint density at radius 2 is 1.96 bits per heavy atom. The number of rotatable bonds is 4. The zero-order chi connectivity index (χ0) is 18.2. The van der Waals surface area contributed by atoms with Crippen molar-refractivity contribution in [3.05, 3.63) is 0 Å². The van der Waals surface area contributed by atoms with Crippen LogP contribution in [0.3, 0.4) is 0 Å². The van der Waals surface area contributed by atoms with E-state index >= 15 is 0 Å². The van der Waals surface area contributed by atoms with Gasteiger partial charge in [0.2, 0.25) is 12.2 Å². The van der Waals surface area contributed by atoms with Crippen molar-refractivity contribution in [2.75, 3.05) is 26.7 Å². The van der Waals surface area contributed by atoms with E-state index in [1.807, 2.05) is 4.90 Å². The van der Waals surface area contributed by atoms with Crippen molar-refractivity contribution in [1.82, 2.24) is 15.5 Å². The van der Waals surface area contributed by atoms with Gasteiger partial charge in [-0.1, -0.05) is 0 Å². The molecule has 0 spiro atoms. The first-order valence-corrected chi connectivity index (χ1v) is 7.79. The van der Waals surface area contributed by atoms with Crippen molar-refractivity contribution < 1.29 is 19.1 Å². The number of alkyl carbamates (subject to hydrolysis) is 1. The van der Waals surface area contributed by atoms with E-state index in [0.29, 0.717) is 5.96 Å². The number of nitrogens with zero attached hydrogens (tertiary/aromatic N) is 3. The van der Waals surface area contributed by atoms with Gasteiger partial charge in [-0.25, -0.2) is 9.59 Å². The zero-order valence-corrected chi connectivity index (χ0v) is 14.6. The smallest absolute Gasteiger partial charge is 0.408 e. The maximum Gasteiger partial charge on any atom is 0.408 e. The molecule has 0 unspecified atom stereocenters. The Morgan fingerprint density at radius 1 is 1.33 bits per heavy atom. The number of guanidine groups is 1. The highest BCUT2D eigenvalue weighted by atomic mass is 16.6. The fourth-order valence-corrected chi connectivity index (χ4v) is 2.18. The number of hydrogen-bond acceptors (Lipinski definition) is 6. The first kappa shape index (κ1) is 19.5. The number of hydrogen-bond donors (Lipinski definition) is 2. The number of carbonyl (C=O) groups excluding carboxylic acids is 2. The van der Waals surface area contributed by atoms with Gasteiger partial charge in [0.05, 0.1) is 7.11 Å². The Morgan fingerprint density at radius 3 is 2.46 bits per heavy atom. The van der Waals surface area contributed by atoms with Crippen molar-refractivity contribution in [3.8, 4) is 6.19 Å². The monoisotopic (exact) mass is 339 g/mol. The van der Waals surface area contributed by atoms with Crippen LogP contribution in [-0.2, 0) is 14.3 Å². The average Bonchev–Trinajstić information content (AvgIpc) is 3.01. The molecule has 1 heterocycles. The molecule has 1 aliphatic rings. The number of methoxy groups -OCH3 is 1. The standard InChI is InChI=1S/C15H25N5O4/c1-15(2,3)24-14(22)19-11(12(21)23-4)9-17-13(18-10-16)20-7-5-6-8-20/h11H,5-9H2,1-4H3,(H,17,18)(H,19,22)/t11-/m0/s1. The Balaban J connectivity index is 2.68. The number of ether oxygens (including phenoxy) is 2. The zero-order valence-electron chi connectivity index (χ0n) is 14.6. The van der Waals surface area contributed by atoms with Crippen molar-refractivity contribution in [2.45, 2.75) is 45.3 Å². The number of aliphatic imine (C=N–C) groups is 1. The Bertz CT molecular complexity index is 515. The topological polar surface area (TPSA) is 116 Å². The molecule has 0 aromatic heterocycles. The van der Waals surface area contributed by atoms with Gasteiger partial charge in [-0.3, -0.25) is 0 Å². The van der Waals surface area contributed by atoms with E-state index in [1.54, 1.807) is 27.0 Å². The summed E-state index contributed by atoms with van der Waals surface area (Å²) in [5.41, 5.74) is -0.679. The summed E-state index contributed by atoms with van der Waals surface area (Å²) in [5, 5.41) is 14.2. The van der Waals surface area contributed by atoms with Crippen LogP contribution in [0.15, 0.2) is 4.99 Å². The van der Waals surface area contributed by atoms with Gasteiger partial charge in [0.25, 0.3) is 0 Å². The minimum atomic E-state index is -0.962. The van der Waals surface area contributed by atoms with Crippen LogP contribution in [0.25, 0.3) is 0 Å². The predicted octanol–water partition coefficient (Wildman–Crippen LogP) is 0.575. The van der Waals surface area contributed by atoms with Gasteiger partial charge in [0.15, 0.2) is 0 Å². The molecule has 134 valence electrons. The maximum absolute atomic E-state index is 11.9. The van der Waals surface area contributed by atoms with Crippen LogP contribution in [0.4, 0.5) is 4.79 Å². The second-order valence-corrected chi connectivity index (χ2v) is 6.33. The molecule has 9 nitrogen and oxygen atoms in total. The summed E-state index contributed by atoms with van der Waals surface area (Å²) in [5.74, 6) is -0.235. The molecule has 24 heavy (non-hydrogen) atoms. The molecule has 0 radical (unpaired) electrons. The molecular formula is C15H25N5O4. The molecule has 0 aromatic rings. The molecule has 1 aliphatic heterocycles. The van der Waals surface area contributed by atoms with Gasteiger partial charge < -0.3 is 25.0 Å². The Kier molecular flexibility index (Phi) is 7.30. The highest BCUT2D eigenvalue weighted by Gasteiger charge is 2.26. The number of nitriles is 1. The van der Waals surface area contributed by atoms with Crippen molar-refractivity contribution in [3.63, 3.8) is 0 Å². The normalized spacial score (nSPS) is 16.1. The summed E-state index contributed by atoms with van der Waals surface area (Å²) in [6, 6.07) is -0.962. The van der Waals surface area contributed by atoms with Crippen LogP contribution in [0, 0.1) is 11.5 Å². The van der Waals surface area contributed by atoms with Gasteiger partial charge in [-0.05, 0) is 33.6 Å². The molecule has 1 saturated heterocycles. The minimum Gasteiger partial charge on any atom is -0.467 e. The maximum atomic E-state index is 11.9.